The smallest absolute Gasteiger partial charge is 0.341 e. The number of ether oxygens (including phenoxy) is 2. The average Bonchev–Trinajstić information content (AvgIpc) is 2.69. The molecule has 0 saturated heterocycles. The molecular weight excluding hydrogens is 391 g/mol. The van der Waals surface area contributed by atoms with Crippen molar-refractivity contribution in [3.05, 3.63) is 72.1 Å². The minimum absolute atomic E-state index is 0.164. The minimum Gasteiger partial charge on any atom is -0.479 e. The van der Waals surface area contributed by atoms with E-state index in [2.05, 4.69) is 11.3 Å². The van der Waals surface area contributed by atoms with E-state index in [0.717, 1.165) is 23.1 Å². The van der Waals surface area contributed by atoms with Gasteiger partial charge in [0.2, 0.25) is 0 Å². The molecule has 0 aromatic heterocycles. The molecular formula is C23H21FO6. The molecule has 1 aliphatic rings. The molecule has 156 valence electrons. The van der Waals surface area contributed by atoms with Crippen LogP contribution in [0.25, 0.3) is 11.1 Å². The number of carbonyl (C=O) groups is 3. The van der Waals surface area contributed by atoms with Crippen molar-refractivity contribution in [2.75, 3.05) is 6.61 Å². The second-order valence-electron chi connectivity index (χ2n) is 7.16. The van der Waals surface area contributed by atoms with Gasteiger partial charge in [-0.15, -0.1) is 0 Å². The number of hydrogen-bond donors (Lipinski definition) is 1. The Morgan fingerprint density at radius 1 is 1.00 bits per heavy atom. The summed E-state index contributed by atoms with van der Waals surface area (Å²) in [5, 5.41) is 8.53. The summed E-state index contributed by atoms with van der Waals surface area (Å²) in [5.74, 6) is -3.17. The molecule has 0 heterocycles. The fraction of sp³-hybridized carbons (Fsp3) is 0.261. The van der Waals surface area contributed by atoms with Crippen LogP contribution in [0, 0.1) is 5.82 Å². The van der Waals surface area contributed by atoms with Crippen LogP contribution in [-0.4, -0.2) is 29.6 Å². The topological polar surface area (TPSA) is 89.9 Å². The Hall–Kier alpha value is -3.48. The van der Waals surface area contributed by atoms with Gasteiger partial charge < -0.3 is 14.6 Å². The number of rotatable bonds is 8. The number of esters is 2. The summed E-state index contributed by atoms with van der Waals surface area (Å²) >= 11 is 0. The minimum atomic E-state index is -1.30. The fourth-order valence-corrected chi connectivity index (χ4v) is 3.29. The van der Waals surface area contributed by atoms with Gasteiger partial charge in [0.05, 0.1) is 6.42 Å². The predicted octanol–water partition coefficient (Wildman–Crippen LogP) is 3.99. The molecule has 2 aromatic rings. The van der Waals surface area contributed by atoms with Gasteiger partial charge in [0.1, 0.15) is 11.4 Å². The van der Waals surface area contributed by atoms with Gasteiger partial charge in [-0.05, 0) is 48.1 Å². The first-order valence-electron chi connectivity index (χ1n) is 9.44. The molecule has 1 N–H and O–H groups in total. The molecule has 0 unspecified atom stereocenters. The predicted molar refractivity (Wildman–Crippen MR) is 106 cm³/mol. The summed E-state index contributed by atoms with van der Waals surface area (Å²) in [6.07, 6.45) is 1.83. The van der Waals surface area contributed by atoms with Gasteiger partial charge in [-0.2, -0.15) is 0 Å². The maximum Gasteiger partial charge on any atom is 0.341 e. The van der Waals surface area contributed by atoms with Crippen molar-refractivity contribution in [3.63, 3.8) is 0 Å². The molecule has 0 radical (unpaired) electrons. The quantitative estimate of drug-likeness (QED) is 0.521. The lowest BCUT2D eigenvalue weighted by atomic mass is 9.74. The molecule has 3 rings (SSSR count). The molecule has 0 spiro atoms. The highest BCUT2D eigenvalue weighted by molar-refractivity contribution is 5.94. The third-order valence-corrected chi connectivity index (χ3v) is 5.03. The fourth-order valence-electron chi connectivity index (χ4n) is 3.29. The van der Waals surface area contributed by atoms with Crippen LogP contribution in [0.1, 0.15) is 31.2 Å². The van der Waals surface area contributed by atoms with Crippen LogP contribution in [-0.2, 0) is 29.5 Å². The van der Waals surface area contributed by atoms with E-state index in [1.54, 1.807) is 12.1 Å². The van der Waals surface area contributed by atoms with Crippen LogP contribution in [0.2, 0.25) is 0 Å². The summed E-state index contributed by atoms with van der Waals surface area (Å²) in [6.45, 7) is 2.68. The monoisotopic (exact) mass is 412 g/mol. The zero-order valence-corrected chi connectivity index (χ0v) is 16.2. The van der Waals surface area contributed by atoms with Crippen LogP contribution in [0.4, 0.5) is 4.39 Å². The van der Waals surface area contributed by atoms with Crippen molar-refractivity contribution in [1.29, 1.82) is 0 Å². The van der Waals surface area contributed by atoms with Gasteiger partial charge in [-0.3, -0.25) is 4.79 Å². The largest absolute Gasteiger partial charge is 0.479 e. The lowest BCUT2D eigenvalue weighted by molar-refractivity contribution is -0.171. The zero-order valence-electron chi connectivity index (χ0n) is 16.2. The van der Waals surface area contributed by atoms with Gasteiger partial charge in [0, 0.05) is 5.57 Å². The number of carboxylic acids is 1. The molecule has 1 saturated carbocycles. The molecule has 1 aliphatic carbocycles. The van der Waals surface area contributed by atoms with Gasteiger partial charge in [-0.25, -0.2) is 14.0 Å². The number of halogens is 1. The van der Waals surface area contributed by atoms with E-state index < -0.39 is 30.1 Å². The van der Waals surface area contributed by atoms with E-state index in [1.165, 1.54) is 12.1 Å². The zero-order chi connectivity index (χ0) is 21.7. The highest BCUT2D eigenvalue weighted by Crippen LogP contribution is 2.45. The van der Waals surface area contributed by atoms with Gasteiger partial charge >= 0.3 is 17.9 Å². The lowest BCUT2D eigenvalue weighted by Gasteiger charge is -2.41. The summed E-state index contributed by atoms with van der Waals surface area (Å²) in [5.41, 5.74) is 1.70. The maximum absolute atomic E-state index is 13.1. The third kappa shape index (κ3) is 4.92. The van der Waals surface area contributed by atoms with Crippen molar-refractivity contribution in [1.82, 2.24) is 0 Å². The standard InChI is InChI=1S/C23H21FO6/c1-15(22(28)29-14-20(25)26)13-21(27)30-23(11-2-12-23)18-7-3-16(4-8-18)17-5-9-19(24)10-6-17/h3-10H,1-2,11-14H2,(H,25,26). The van der Waals surface area contributed by atoms with E-state index in [4.69, 9.17) is 9.84 Å². The summed E-state index contributed by atoms with van der Waals surface area (Å²) in [6, 6.07) is 13.7. The molecule has 7 heteroatoms. The van der Waals surface area contributed by atoms with Gasteiger partial charge in [0.25, 0.3) is 0 Å². The number of hydrogen-bond acceptors (Lipinski definition) is 5. The molecule has 6 nitrogen and oxygen atoms in total. The first kappa shape index (κ1) is 21.2. The summed E-state index contributed by atoms with van der Waals surface area (Å²) in [7, 11) is 0. The third-order valence-electron chi connectivity index (χ3n) is 5.03. The Labute approximate surface area is 172 Å². The van der Waals surface area contributed by atoms with E-state index in [1.807, 2.05) is 24.3 Å². The van der Waals surface area contributed by atoms with E-state index >= 15 is 0 Å². The highest BCUT2D eigenvalue weighted by atomic mass is 19.1. The molecule has 0 atom stereocenters. The first-order chi connectivity index (χ1) is 14.3. The van der Waals surface area contributed by atoms with Crippen molar-refractivity contribution in [2.24, 2.45) is 0 Å². The lowest BCUT2D eigenvalue weighted by Crippen LogP contribution is -2.39. The van der Waals surface area contributed by atoms with Crippen LogP contribution in [0.3, 0.4) is 0 Å². The first-order valence-corrected chi connectivity index (χ1v) is 9.44. The Kier molecular flexibility index (Phi) is 6.30. The Balaban J connectivity index is 1.65. The van der Waals surface area contributed by atoms with Gasteiger partial charge in [0.15, 0.2) is 6.61 Å². The highest BCUT2D eigenvalue weighted by Gasteiger charge is 2.42. The number of carboxylic acid groups (broad SMARTS) is 1. The van der Waals surface area contributed by atoms with Crippen molar-refractivity contribution in [3.8, 4) is 11.1 Å². The Bertz CT molecular complexity index is 958. The average molecular weight is 412 g/mol. The number of carbonyl (C=O) groups excluding carboxylic acids is 2. The van der Waals surface area contributed by atoms with Crippen molar-refractivity contribution >= 4 is 17.9 Å². The van der Waals surface area contributed by atoms with Crippen molar-refractivity contribution in [2.45, 2.75) is 31.3 Å². The molecule has 2 aromatic carbocycles. The molecule has 0 aliphatic heterocycles. The van der Waals surface area contributed by atoms with E-state index in [-0.39, 0.29) is 17.8 Å². The Morgan fingerprint density at radius 3 is 2.07 bits per heavy atom. The van der Waals surface area contributed by atoms with Crippen LogP contribution in [0.5, 0.6) is 0 Å². The summed E-state index contributed by atoms with van der Waals surface area (Å²) < 4.78 is 23.3. The second-order valence-corrected chi connectivity index (χ2v) is 7.16. The van der Waals surface area contributed by atoms with Crippen LogP contribution >= 0.6 is 0 Å². The van der Waals surface area contributed by atoms with Gasteiger partial charge in [-0.1, -0.05) is 43.0 Å². The second kappa shape index (κ2) is 8.90. The molecule has 0 bridgehead atoms. The Morgan fingerprint density at radius 2 is 1.57 bits per heavy atom. The van der Waals surface area contributed by atoms with Crippen molar-refractivity contribution < 1.29 is 33.4 Å². The molecule has 30 heavy (non-hydrogen) atoms. The SMILES string of the molecule is C=C(CC(=O)OC1(c2ccc(-c3ccc(F)cc3)cc2)CCC1)C(=O)OCC(=O)O. The van der Waals surface area contributed by atoms with E-state index in [0.29, 0.717) is 12.8 Å². The maximum atomic E-state index is 13.1. The van der Waals surface area contributed by atoms with E-state index in [9.17, 15) is 18.8 Å². The molecule has 0 amide bonds. The van der Waals surface area contributed by atoms with Crippen LogP contribution in [0.15, 0.2) is 60.7 Å². The summed E-state index contributed by atoms with van der Waals surface area (Å²) in [4.78, 5) is 34.5. The number of aliphatic carboxylic acids is 1. The molecule has 1 fully saturated rings. The normalized spacial score (nSPS) is 14.3. The van der Waals surface area contributed by atoms with Crippen LogP contribution < -0.4 is 0 Å². The number of benzene rings is 2.